The first-order chi connectivity index (χ1) is 12.0. The summed E-state index contributed by atoms with van der Waals surface area (Å²) in [6.45, 7) is 7.58. The van der Waals surface area contributed by atoms with Crippen LogP contribution in [0.4, 0.5) is 5.69 Å². The van der Waals surface area contributed by atoms with Gasteiger partial charge in [0.25, 0.3) is 0 Å². The second-order valence-electron chi connectivity index (χ2n) is 7.59. The molecule has 7 nitrogen and oxygen atoms in total. The van der Waals surface area contributed by atoms with Crippen LogP contribution < -0.4 is 15.5 Å². The number of amides is 1. The van der Waals surface area contributed by atoms with Gasteiger partial charge < -0.3 is 20.3 Å². The number of aromatic nitrogens is 2. The number of rotatable bonds is 6. The third kappa shape index (κ3) is 4.73. The van der Waals surface area contributed by atoms with Crippen LogP contribution in [-0.2, 0) is 16.6 Å². The third-order valence-electron chi connectivity index (χ3n) is 5.18. The first-order valence-corrected chi connectivity index (χ1v) is 9.40. The molecule has 7 heteroatoms. The van der Waals surface area contributed by atoms with Crippen molar-refractivity contribution in [3.8, 4) is 0 Å². The standard InChI is InChI=1S/C18H31N5O2/c1-13(2)17(20-14-5-8-25-9-6-14)18(24)21-15-4-7-23(11-15)16-10-19-22(3)12-16/h10,12-15,17,20H,4-9,11H2,1-3H3,(H,21,24)/t15-,17+/m0/s1. The molecule has 2 aliphatic rings. The van der Waals surface area contributed by atoms with Crippen molar-refractivity contribution >= 4 is 11.6 Å². The molecule has 0 aromatic carbocycles. The quantitative estimate of drug-likeness (QED) is 0.799. The average molecular weight is 349 g/mol. The van der Waals surface area contributed by atoms with E-state index in [2.05, 4.69) is 34.5 Å². The average Bonchev–Trinajstić information content (AvgIpc) is 3.22. The summed E-state index contributed by atoms with van der Waals surface area (Å²) in [4.78, 5) is 15.1. The van der Waals surface area contributed by atoms with Crippen LogP contribution in [0.1, 0.15) is 33.1 Å². The number of anilines is 1. The Labute approximate surface area is 150 Å². The van der Waals surface area contributed by atoms with Crippen molar-refractivity contribution in [1.82, 2.24) is 20.4 Å². The van der Waals surface area contributed by atoms with Crippen molar-refractivity contribution in [3.05, 3.63) is 12.4 Å². The molecule has 1 aromatic heterocycles. The summed E-state index contributed by atoms with van der Waals surface area (Å²) in [6, 6.07) is 0.434. The Balaban J connectivity index is 1.52. The molecule has 0 spiro atoms. The Hall–Kier alpha value is -1.60. The molecule has 3 rings (SSSR count). The molecule has 2 atom stereocenters. The van der Waals surface area contributed by atoms with E-state index in [4.69, 9.17) is 4.74 Å². The molecule has 0 aliphatic carbocycles. The largest absolute Gasteiger partial charge is 0.381 e. The molecule has 3 heterocycles. The van der Waals surface area contributed by atoms with Gasteiger partial charge in [0, 0.05) is 51.6 Å². The fourth-order valence-electron chi connectivity index (χ4n) is 3.66. The van der Waals surface area contributed by atoms with Gasteiger partial charge in [-0.3, -0.25) is 9.48 Å². The second kappa shape index (κ2) is 8.19. The second-order valence-corrected chi connectivity index (χ2v) is 7.59. The SMILES string of the molecule is CC(C)[C@@H](NC1CCOCC1)C(=O)N[C@H]1CCN(c2cnn(C)c2)C1. The highest BCUT2D eigenvalue weighted by Crippen LogP contribution is 2.19. The fraction of sp³-hybridized carbons (Fsp3) is 0.778. The molecule has 2 aliphatic heterocycles. The lowest BCUT2D eigenvalue weighted by Crippen LogP contribution is -2.54. The van der Waals surface area contributed by atoms with E-state index in [0.29, 0.717) is 6.04 Å². The highest BCUT2D eigenvalue weighted by atomic mass is 16.5. The van der Waals surface area contributed by atoms with Gasteiger partial charge in [-0.15, -0.1) is 0 Å². The molecule has 140 valence electrons. The van der Waals surface area contributed by atoms with E-state index >= 15 is 0 Å². The maximum atomic E-state index is 12.8. The molecule has 2 saturated heterocycles. The Morgan fingerprint density at radius 3 is 2.68 bits per heavy atom. The van der Waals surface area contributed by atoms with Gasteiger partial charge in [0.15, 0.2) is 0 Å². The normalized spacial score (nSPS) is 23.2. The first-order valence-electron chi connectivity index (χ1n) is 9.40. The molecule has 1 amide bonds. The maximum Gasteiger partial charge on any atom is 0.237 e. The summed E-state index contributed by atoms with van der Waals surface area (Å²) in [6.07, 6.45) is 6.84. The maximum absolute atomic E-state index is 12.8. The van der Waals surface area contributed by atoms with E-state index in [9.17, 15) is 4.79 Å². The van der Waals surface area contributed by atoms with Crippen LogP contribution in [0.25, 0.3) is 0 Å². The highest BCUT2D eigenvalue weighted by Gasteiger charge is 2.30. The minimum atomic E-state index is -0.143. The number of nitrogens with one attached hydrogen (secondary N) is 2. The molecular formula is C18H31N5O2. The highest BCUT2D eigenvalue weighted by molar-refractivity contribution is 5.82. The Kier molecular flexibility index (Phi) is 5.96. The number of carbonyl (C=O) groups excluding carboxylic acids is 1. The lowest BCUT2D eigenvalue weighted by molar-refractivity contribution is -0.125. The molecule has 0 saturated carbocycles. The lowest BCUT2D eigenvalue weighted by atomic mass is 9.99. The number of ether oxygens (including phenoxy) is 1. The molecule has 25 heavy (non-hydrogen) atoms. The van der Waals surface area contributed by atoms with Crippen LogP contribution >= 0.6 is 0 Å². The van der Waals surface area contributed by atoms with Crippen LogP contribution in [0.15, 0.2) is 12.4 Å². The molecule has 0 bridgehead atoms. The van der Waals surface area contributed by atoms with Gasteiger partial charge in [0.05, 0.1) is 17.9 Å². The molecule has 1 aromatic rings. The van der Waals surface area contributed by atoms with Crippen LogP contribution in [0.5, 0.6) is 0 Å². The van der Waals surface area contributed by atoms with Gasteiger partial charge in [-0.1, -0.05) is 13.8 Å². The summed E-state index contributed by atoms with van der Waals surface area (Å²) < 4.78 is 7.23. The van der Waals surface area contributed by atoms with Crippen molar-refractivity contribution in [3.63, 3.8) is 0 Å². The molecular weight excluding hydrogens is 318 g/mol. The van der Waals surface area contributed by atoms with Crippen molar-refractivity contribution in [2.24, 2.45) is 13.0 Å². The minimum absolute atomic E-state index is 0.125. The molecule has 0 unspecified atom stereocenters. The van der Waals surface area contributed by atoms with Crippen molar-refractivity contribution in [2.45, 2.75) is 51.2 Å². The van der Waals surface area contributed by atoms with Gasteiger partial charge in [0.2, 0.25) is 5.91 Å². The number of aryl methyl sites for hydroxylation is 1. The van der Waals surface area contributed by atoms with Crippen molar-refractivity contribution in [2.75, 3.05) is 31.2 Å². The van der Waals surface area contributed by atoms with Crippen LogP contribution in [0.2, 0.25) is 0 Å². The summed E-state index contributed by atoms with van der Waals surface area (Å²) in [5.41, 5.74) is 1.12. The minimum Gasteiger partial charge on any atom is -0.381 e. The summed E-state index contributed by atoms with van der Waals surface area (Å²) in [5, 5.41) is 11.0. The van der Waals surface area contributed by atoms with E-state index in [1.165, 1.54) is 0 Å². The Morgan fingerprint density at radius 2 is 2.04 bits per heavy atom. The number of nitrogens with zero attached hydrogens (tertiary/aromatic N) is 3. The van der Waals surface area contributed by atoms with Gasteiger partial charge in [-0.25, -0.2) is 0 Å². The smallest absolute Gasteiger partial charge is 0.237 e. The first kappa shape index (κ1) is 18.2. The monoisotopic (exact) mass is 349 g/mol. The van der Waals surface area contributed by atoms with Crippen LogP contribution in [-0.4, -0.2) is 60.1 Å². The predicted octanol–water partition coefficient (Wildman–Crippen LogP) is 0.908. The van der Waals surface area contributed by atoms with E-state index in [1.807, 2.05) is 24.1 Å². The molecule has 2 fully saturated rings. The van der Waals surface area contributed by atoms with E-state index in [0.717, 1.165) is 51.3 Å². The third-order valence-corrected chi connectivity index (χ3v) is 5.18. The van der Waals surface area contributed by atoms with Gasteiger partial charge >= 0.3 is 0 Å². The zero-order valence-corrected chi connectivity index (χ0v) is 15.6. The Bertz CT molecular complexity index is 568. The summed E-state index contributed by atoms with van der Waals surface area (Å²) >= 11 is 0. The zero-order chi connectivity index (χ0) is 17.8. The summed E-state index contributed by atoms with van der Waals surface area (Å²) in [5.74, 6) is 0.387. The topological polar surface area (TPSA) is 71.4 Å². The van der Waals surface area contributed by atoms with Gasteiger partial charge in [-0.05, 0) is 25.2 Å². The van der Waals surface area contributed by atoms with Gasteiger partial charge in [0.1, 0.15) is 0 Å². The zero-order valence-electron chi connectivity index (χ0n) is 15.6. The van der Waals surface area contributed by atoms with Crippen molar-refractivity contribution < 1.29 is 9.53 Å². The van der Waals surface area contributed by atoms with Crippen LogP contribution in [0, 0.1) is 5.92 Å². The van der Waals surface area contributed by atoms with E-state index in [-0.39, 0.29) is 23.9 Å². The fourth-order valence-corrected chi connectivity index (χ4v) is 3.66. The van der Waals surface area contributed by atoms with Gasteiger partial charge in [-0.2, -0.15) is 5.10 Å². The van der Waals surface area contributed by atoms with E-state index in [1.54, 1.807) is 0 Å². The summed E-state index contributed by atoms with van der Waals surface area (Å²) in [7, 11) is 1.92. The number of hydrogen-bond donors (Lipinski definition) is 2. The number of carbonyl (C=O) groups is 1. The number of hydrogen-bond acceptors (Lipinski definition) is 5. The van der Waals surface area contributed by atoms with Crippen molar-refractivity contribution in [1.29, 1.82) is 0 Å². The molecule has 0 radical (unpaired) electrons. The lowest BCUT2D eigenvalue weighted by Gasteiger charge is -2.30. The van der Waals surface area contributed by atoms with E-state index < -0.39 is 0 Å². The Morgan fingerprint density at radius 1 is 1.28 bits per heavy atom. The molecule has 2 N–H and O–H groups in total. The predicted molar refractivity (Wildman–Crippen MR) is 97.6 cm³/mol. The van der Waals surface area contributed by atoms with Crippen LogP contribution in [0.3, 0.4) is 0 Å².